The van der Waals surface area contributed by atoms with Crippen molar-refractivity contribution in [2.75, 3.05) is 16.0 Å². The SMILES string of the molecule is CC(=O)Nc1ccc(SCC(=O)N2c3ccccc3C[C@@H]2C)cc1. The molecule has 0 unspecified atom stereocenters. The average molecular weight is 340 g/mol. The zero-order chi connectivity index (χ0) is 17.1. The van der Waals surface area contributed by atoms with Crippen LogP contribution in [0.15, 0.2) is 53.4 Å². The van der Waals surface area contributed by atoms with Crippen LogP contribution in [0.5, 0.6) is 0 Å². The molecule has 2 aromatic carbocycles. The lowest BCUT2D eigenvalue weighted by Crippen LogP contribution is -2.36. The molecule has 0 aromatic heterocycles. The number of carbonyl (C=O) groups is 2. The monoisotopic (exact) mass is 340 g/mol. The highest BCUT2D eigenvalue weighted by Gasteiger charge is 2.30. The van der Waals surface area contributed by atoms with Gasteiger partial charge >= 0.3 is 0 Å². The van der Waals surface area contributed by atoms with E-state index in [1.165, 1.54) is 24.2 Å². The lowest BCUT2D eigenvalue weighted by atomic mass is 10.1. The largest absolute Gasteiger partial charge is 0.326 e. The molecule has 1 atom stereocenters. The van der Waals surface area contributed by atoms with Gasteiger partial charge in [0.15, 0.2) is 0 Å². The molecule has 0 fully saturated rings. The predicted molar refractivity (Wildman–Crippen MR) is 98.6 cm³/mol. The van der Waals surface area contributed by atoms with E-state index >= 15 is 0 Å². The lowest BCUT2D eigenvalue weighted by Gasteiger charge is -2.22. The van der Waals surface area contributed by atoms with Gasteiger partial charge in [0.2, 0.25) is 11.8 Å². The lowest BCUT2D eigenvalue weighted by molar-refractivity contribution is -0.116. The highest BCUT2D eigenvalue weighted by Crippen LogP contribution is 2.32. The molecule has 124 valence electrons. The highest BCUT2D eigenvalue weighted by molar-refractivity contribution is 8.00. The second-order valence-corrected chi connectivity index (χ2v) is 6.99. The fourth-order valence-electron chi connectivity index (χ4n) is 3.00. The van der Waals surface area contributed by atoms with Crippen LogP contribution in [0.2, 0.25) is 0 Å². The predicted octanol–water partition coefficient (Wildman–Crippen LogP) is 3.71. The minimum absolute atomic E-state index is 0.0905. The van der Waals surface area contributed by atoms with Gasteiger partial charge < -0.3 is 10.2 Å². The summed E-state index contributed by atoms with van der Waals surface area (Å²) < 4.78 is 0. The molecule has 1 N–H and O–H groups in total. The molecule has 24 heavy (non-hydrogen) atoms. The molecule has 2 amide bonds. The van der Waals surface area contributed by atoms with Crippen LogP contribution in [0.3, 0.4) is 0 Å². The number of anilines is 2. The fourth-order valence-corrected chi connectivity index (χ4v) is 3.76. The molecule has 0 saturated carbocycles. The van der Waals surface area contributed by atoms with Crippen LogP contribution in [-0.2, 0) is 16.0 Å². The first-order valence-electron chi connectivity index (χ1n) is 7.95. The van der Waals surface area contributed by atoms with E-state index in [0.717, 1.165) is 22.7 Å². The molecule has 1 aliphatic heterocycles. The van der Waals surface area contributed by atoms with Crippen LogP contribution in [-0.4, -0.2) is 23.6 Å². The smallest absolute Gasteiger partial charge is 0.237 e. The molecule has 0 aliphatic carbocycles. The third kappa shape index (κ3) is 3.62. The van der Waals surface area contributed by atoms with Gasteiger partial charge in [-0.3, -0.25) is 9.59 Å². The van der Waals surface area contributed by atoms with E-state index in [9.17, 15) is 9.59 Å². The van der Waals surface area contributed by atoms with Gasteiger partial charge in [-0.05, 0) is 49.2 Å². The summed E-state index contributed by atoms with van der Waals surface area (Å²) in [5.74, 6) is 0.439. The summed E-state index contributed by atoms with van der Waals surface area (Å²) in [6.07, 6.45) is 0.915. The maximum Gasteiger partial charge on any atom is 0.237 e. The molecule has 1 aliphatic rings. The molecule has 5 heteroatoms. The third-order valence-corrected chi connectivity index (χ3v) is 5.01. The normalized spacial score (nSPS) is 15.9. The van der Waals surface area contributed by atoms with Gasteiger partial charge in [-0.2, -0.15) is 0 Å². The summed E-state index contributed by atoms with van der Waals surface area (Å²) in [7, 11) is 0. The van der Waals surface area contributed by atoms with Crippen molar-refractivity contribution in [3.8, 4) is 0 Å². The van der Waals surface area contributed by atoms with Crippen molar-refractivity contribution in [3.05, 3.63) is 54.1 Å². The first-order chi connectivity index (χ1) is 11.5. The number of thioether (sulfide) groups is 1. The molecule has 0 spiro atoms. The molecule has 0 saturated heterocycles. The Hall–Kier alpha value is -2.27. The van der Waals surface area contributed by atoms with E-state index < -0.39 is 0 Å². The Morgan fingerprint density at radius 1 is 1.17 bits per heavy atom. The summed E-state index contributed by atoms with van der Waals surface area (Å²) in [5.41, 5.74) is 3.04. The number of amides is 2. The van der Waals surface area contributed by atoms with Crippen LogP contribution >= 0.6 is 11.8 Å². The maximum atomic E-state index is 12.7. The van der Waals surface area contributed by atoms with Crippen molar-refractivity contribution >= 4 is 35.0 Å². The standard InChI is InChI=1S/C19H20N2O2S/c1-13-11-15-5-3-4-6-18(15)21(13)19(23)12-24-17-9-7-16(8-10-17)20-14(2)22/h3-10,13H,11-12H2,1-2H3,(H,20,22)/t13-/m0/s1. The molecule has 0 bridgehead atoms. The maximum absolute atomic E-state index is 12.7. The molecule has 1 heterocycles. The summed E-state index contributed by atoms with van der Waals surface area (Å²) >= 11 is 1.52. The van der Waals surface area contributed by atoms with Crippen LogP contribution in [0, 0.1) is 0 Å². The topological polar surface area (TPSA) is 49.4 Å². The summed E-state index contributed by atoms with van der Waals surface area (Å²) in [4.78, 5) is 26.6. The van der Waals surface area contributed by atoms with Crippen LogP contribution in [0.25, 0.3) is 0 Å². The Kier molecular flexibility index (Phi) is 4.90. The van der Waals surface area contributed by atoms with E-state index in [-0.39, 0.29) is 17.9 Å². The van der Waals surface area contributed by atoms with Crippen LogP contribution in [0.1, 0.15) is 19.4 Å². The number of carbonyl (C=O) groups excluding carboxylic acids is 2. The number of fused-ring (bicyclic) bond motifs is 1. The molecule has 0 radical (unpaired) electrons. The molecule has 2 aromatic rings. The molecule has 4 nitrogen and oxygen atoms in total. The number of benzene rings is 2. The minimum Gasteiger partial charge on any atom is -0.326 e. The molecular weight excluding hydrogens is 320 g/mol. The minimum atomic E-state index is -0.0905. The van der Waals surface area contributed by atoms with Gasteiger partial charge in [-0.15, -0.1) is 11.8 Å². The van der Waals surface area contributed by atoms with Crippen molar-refractivity contribution in [2.45, 2.75) is 31.2 Å². The Bertz CT molecular complexity index is 758. The Morgan fingerprint density at radius 2 is 1.88 bits per heavy atom. The third-order valence-electron chi connectivity index (χ3n) is 4.01. The summed E-state index contributed by atoms with van der Waals surface area (Å²) in [5, 5.41) is 2.74. The molecule has 3 rings (SSSR count). The van der Waals surface area contributed by atoms with Gasteiger partial charge in [-0.25, -0.2) is 0 Å². The number of nitrogens with one attached hydrogen (secondary N) is 1. The van der Waals surface area contributed by atoms with Crippen molar-refractivity contribution in [1.29, 1.82) is 0 Å². The van der Waals surface area contributed by atoms with Crippen LogP contribution < -0.4 is 10.2 Å². The van der Waals surface area contributed by atoms with E-state index in [0.29, 0.717) is 5.75 Å². The first kappa shape index (κ1) is 16.6. The van der Waals surface area contributed by atoms with Crippen LogP contribution in [0.4, 0.5) is 11.4 Å². The van der Waals surface area contributed by atoms with E-state index in [1.807, 2.05) is 47.4 Å². The Balaban J connectivity index is 1.62. The van der Waals surface area contributed by atoms with E-state index in [1.54, 1.807) is 0 Å². The van der Waals surface area contributed by atoms with E-state index in [4.69, 9.17) is 0 Å². The first-order valence-corrected chi connectivity index (χ1v) is 8.93. The van der Waals surface area contributed by atoms with Crippen molar-refractivity contribution in [2.24, 2.45) is 0 Å². The Morgan fingerprint density at radius 3 is 2.58 bits per heavy atom. The van der Waals surface area contributed by atoms with Crippen molar-refractivity contribution < 1.29 is 9.59 Å². The quantitative estimate of drug-likeness (QED) is 0.863. The van der Waals surface area contributed by atoms with Gasteiger partial charge in [0.1, 0.15) is 0 Å². The zero-order valence-electron chi connectivity index (χ0n) is 13.8. The van der Waals surface area contributed by atoms with Gasteiger partial charge in [0, 0.05) is 29.2 Å². The number of hydrogen-bond acceptors (Lipinski definition) is 3. The van der Waals surface area contributed by atoms with Gasteiger partial charge in [-0.1, -0.05) is 18.2 Å². The van der Waals surface area contributed by atoms with Crippen molar-refractivity contribution in [1.82, 2.24) is 0 Å². The zero-order valence-corrected chi connectivity index (χ0v) is 14.6. The average Bonchev–Trinajstić information content (AvgIpc) is 2.89. The second-order valence-electron chi connectivity index (χ2n) is 5.94. The molecular formula is C19H20N2O2S. The second kappa shape index (κ2) is 7.09. The summed E-state index contributed by atoms with van der Waals surface area (Å²) in [6.45, 7) is 3.57. The van der Waals surface area contributed by atoms with Crippen molar-refractivity contribution in [3.63, 3.8) is 0 Å². The van der Waals surface area contributed by atoms with E-state index in [2.05, 4.69) is 18.3 Å². The number of hydrogen-bond donors (Lipinski definition) is 1. The number of para-hydroxylation sites is 1. The Labute approximate surface area is 146 Å². The number of nitrogens with zero attached hydrogens (tertiary/aromatic N) is 1. The fraction of sp³-hybridized carbons (Fsp3) is 0.263. The van der Waals surface area contributed by atoms with Gasteiger partial charge in [0.05, 0.1) is 5.75 Å². The summed E-state index contributed by atoms with van der Waals surface area (Å²) in [6, 6.07) is 15.9. The van der Waals surface area contributed by atoms with Gasteiger partial charge in [0.25, 0.3) is 0 Å². The number of rotatable bonds is 4. The highest BCUT2D eigenvalue weighted by atomic mass is 32.2.